The van der Waals surface area contributed by atoms with Crippen molar-refractivity contribution in [1.82, 2.24) is 0 Å². The number of alkyl halides is 3. The molecule has 0 aliphatic heterocycles. The molecule has 0 saturated carbocycles. The second-order valence-corrected chi connectivity index (χ2v) is 7.77. The molecule has 1 aliphatic rings. The highest BCUT2D eigenvalue weighted by molar-refractivity contribution is 5.91. The lowest BCUT2D eigenvalue weighted by atomic mass is 10.0. The van der Waals surface area contributed by atoms with Crippen LogP contribution in [0.5, 0.6) is 5.75 Å². The Bertz CT molecular complexity index is 1030. The SMILES string of the molecule is C=C(C)C(=O)OCCOC(=O)/C=C/c1ccc(OC(=O)C2=CC=C(OCCCC(F)(F)F)CC2)cc1. The van der Waals surface area contributed by atoms with Crippen LogP contribution in [0, 0.1) is 0 Å². The number of esters is 3. The Balaban J connectivity index is 1.75. The van der Waals surface area contributed by atoms with Gasteiger partial charge in [0.2, 0.25) is 0 Å². The van der Waals surface area contributed by atoms with E-state index in [-0.39, 0.29) is 31.8 Å². The molecule has 0 unspecified atom stereocenters. The van der Waals surface area contributed by atoms with E-state index in [2.05, 4.69) is 6.58 Å². The number of carbonyl (C=O) groups excluding carboxylic acids is 3. The lowest BCUT2D eigenvalue weighted by Gasteiger charge is -2.15. The Morgan fingerprint density at radius 2 is 1.69 bits per heavy atom. The van der Waals surface area contributed by atoms with Crippen molar-refractivity contribution >= 4 is 24.0 Å². The van der Waals surface area contributed by atoms with Gasteiger partial charge < -0.3 is 18.9 Å². The number of carbonyl (C=O) groups is 3. The van der Waals surface area contributed by atoms with Crippen molar-refractivity contribution in [2.75, 3.05) is 19.8 Å². The Kier molecular flexibility index (Phi) is 11.0. The van der Waals surface area contributed by atoms with E-state index < -0.39 is 30.5 Å². The molecule has 1 aromatic carbocycles. The van der Waals surface area contributed by atoms with Gasteiger partial charge in [-0.1, -0.05) is 18.7 Å². The average Bonchev–Trinajstić information content (AvgIpc) is 2.83. The van der Waals surface area contributed by atoms with Gasteiger partial charge in [-0.15, -0.1) is 0 Å². The van der Waals surface area contributed by atoms with E-state index in [4.69, 9.17) is 18.9 Å². The largest absolute Gasteiger partial charge is 0.498 e. The summed E-state index contributed by atoms with van der Waals surface area (Å²) in [6, 6.07) is 6.41. The molecule has 7 nitrogen and oxygen atoms in total. The fourth-order valence-electron chi connectivity index (χ4n) is 2.82. The fraction of sp³-hybridized carbons (Fsp3) is 0.346. The molecule has 0 bridgehead atoms. The van der Waals surface area contributed by atoms with E-state index in [9.17, 15) is 27.6 Å². The number of ether oxygens (including phenoxy) is 4. The number of rotatable bonds is 12. The van der Waals surface area contributed by atoms with Gasteiger partial charge in [0.25, 0.3) is 0 Å². The van der Waals surface area contributed by atoms with Crippen molar-refractivity contribution in [2.24, 2.45) is 0 Å². The number of allylic oxidation sites excluding steroid dienone is 3. The van der Waals surface area contributed by atoms with Gasteiger partial charge in [0.15, 0.2) is 0 Å². The van der Waals surface area contributed by atoms with E-state index in [0.29, 0.717) is 35.5 Å². The third-order valence-corrected chi connectivity index (χ3v) is 4.68. The van der Waals surface area contributed by atoms with Crippen LogP contribution in [0.4, 0.5) is 13.2 Å². The van der Waals surface area contributed by atoms with Gasteiger partial charge in [0.05, 0.1) is 12.4 Å². The van der Waals surface area contributed by atoms with E-state index in [1.54, 1.807) is 30.3 Å². The summed E-state index contributed by atoms with van der Waals surface area (Å²) in [5.41, 5.74) is 1.33. The van der Waals surface area contributed by atoms with E-state index >= 15 is 0 Å². The van der Waals surface area contributed by atoms with Gasteiger partial charge in [0.1, 0.15) is 19.0 Å². The summed E-state index contributed by atoms with van der Waals surface area (Å²) in [7, 11) is 0. The van der Waals surface area contributed by atoms with Crippen molar-refractivity contribution in [3.8, 4) is 5.75 Å². The summed E-state index contributed by atoms with van der Waals surface area (Å²) >= 11 is 0. The van der Waals surface area contributed by atoms with Gasteiger partial charge in [-0.3, -0.25) is 0 Å². The molecule has 2 rings (SSSR count). The lowest BCUT2D eigenvalue weighted by Crippen LogP contribution is -2.14. The van der Waals surface area contributed by atoms with E-state index in [1.165, 1.54) is 25.2 Å². The summed E-state index contributed by atoms with van der Waals surface area (Å²) in [6.07, 6.45) is 1.33. The molecule has 0 aromatic heterocycles. The van der Waals surface area contributed by atoms with E-state index in [0.717, 1.165) is 0 Å². The zero-order valence-corrected chi connectivity index (χ0v) is 19.8. The van der Waals surface area contributed by atoms with Crippen LogP contribution in [0.15, 0.2) is 66.0 Å². The first kappa shape index (κ1) is 28.4. The van der Waals surface area contributed by atoms with Crippen LogP contribution in [0.25, 0.3) is 6.08 Å². The summed E-state index contributed by atoms with van der Waals surface area (Å²) < 4.78 is 56.9. The minimum absolute atomic E-state index is 0.0393. The third kappa shape index (κ3) is 11.1. The molecule has 0 N–H and O–H groups in total. The molecule has 10 heteroatoms. The second-order valence-electron chi connectivity index (χ2n) is 7.77. The monoisotopic (exact) mass is 508 g/mol. The zero-order valence-electron chi connectivity index (χ0n) is 19.8. The Hall–Kier alpha value is -3.82. The molecule has 0 amide bonds. The van der Waals surface area contributed by atoms with Crippen molar-refractivity contribution in [2.45, 2.75) is 38.8 Å². The third-order valence-electron chi connectivity index (χ3n) is 4.68. The molecule has 0 fully saturated rings. The summed E-state index contributed by atoms with van der Waals surface area (Å²) in [6.45, 7) is 4.75. The maximum absolute atomic E-state index is 12.4. The van der Waals surface area contributed by atoms with Gasteiger partial charge in [-0.05, 0) is 55.7 Å². The highest BCUT2D eigenvalue weighted by Crippen LogP contribution is 2.24. The van der Waals surface area contributed by atoms with Crippen LogP contribution < -0.4 is 4.74 Å². The number of hydrogen-bond acceptors (Lipinski definition) is 7. The van der Waals surface area contributed by atoms with Crippen molar-refractivity contribution < 1.29 is 46.5 Å². The molecular formula is C26H27F3O7. The summed E-state index contributed by atoms with van der Waals surface area (Å²) in [5, 5.41) is 0. The molecule has 0 saturated heterocycles. The number of hydrogen-bond donors (Lipinski definition) is 0. The maximum atomic E-state index is 12.4. The average molecular weight is 508 g/mol. The Morgan fingerprint density at radius 3 is 2.31 bits per heavy atom. The molecule has 0 atom stereocenters. The molecule has 1 aliphatic carbocycles. The van der Waals surface area contributed by atoms with Gasteiger partial charge in [-0.25, -0.2) is 14.4 Å². The fourth-order valence-corrected chi connectivity index (χ4v) is 2.82. The van der Waals surface area contributed by atoms with Crippen LogP contribution in [-0.4, -0.2) is 43.9 Å². The Labute approximate surface area is 206 Å². The molecule has 1 aromatic rings. The van der Waals surface area contributed by atoms with Crippen molar-refractivity contribution in [3.05, 3.63) is 71.5 Å². The minimum atomic E-state index is -4.20. The van der Waals surface area contributed by atoms with Gasteiger partial charge in [-0.2, -0.15) is 13.2 Å². The van der Waals surface area contributed by atoms with Gasteiger partial charge in [0, 0.05) is 30.1 Å². The summed E-state index contributed by atoms with van der Waals surface area (Å²) in [4.78, 5) is 35.3. The second kappa shape index (κ2) is 13.9. The van der Waals surface area contributed by atoms with Crippen LogP contribution in [-0.2, 0) is 28.6 Å². The summed E-state index contributed by atoms with van der Waals surface area (Å²) in [5.74, 6) is -0.885. The first-order chi connectivity index (χ1) is 17.0. The topological polar surface area (TPSA) is 88.1 Å². The number of benzene rings is 1. The minimum Gasteiger partial charge on any atom is -0.498 e. The molecule has 36 heavy (non-hydrogen) atoms. The van der Waals surface area contributed by atoms with Crippen molar-refractivity contribution in [1.29, 1.82) is 0 Å². The van der Waals surface area contributed by atoms with E-state index in [1.807, 2.05) is 0 Å². The normalized spacial score (nSPS) is 13.4. The first-order valence-corrected chi connectivity index (χ1v) is 11.1. The Morgan fingerprint density at radius 1 is 1.00 bits per heavy atom. The molecule has 0 heterocycles. The van der Waals surface area contributed by atoms with Crippen LogP contribution in [0.2, 0.25) is 0 Å². The first-order valence-electron chi connectivity index (χ1n) is 11.1. The van der Waals surface area contributed by atoms with Crippen LogP contribution >= 0.6 is 0 Å². The van der Waals surface area contributed by atoms with Gasteiger partial charge >= 0.3 is 24.1 Å². The number of halogens is 3. The smallest absolute Gasteiger partial charge is 0.389 e. The quantitative estimate of drug-likeness (QED) is 0.165. The molecule has 0 spiro atoms. The lowest BCUT2D eigenvalue weighted by molar-refractivity contribution is -0.146. The van der Waals surface area contributed by atoms with Crippen LogP contribution in [0.3, 0.4) is 0 Å². The molecule has 0 radical (unpaired) electrons. The highest BCUT2D eigenvalue weighted by atomic mass is 19.4. The van der Waals surface area contributed by atoms with Crippen molar-refractivity contribution in [3.63, 3.8) is 0 Å². The maximum Gasteiger partial charge on any atom is 0.389 e. The molecular weight excluding hydrogens is 481 g/mol. The predicted octanol–water partition coefficient (Wildman–Crippen LogP) is 5.23. The zero-order chi connectivity index (χ0) is 26.6. The predicted molar refractivity (Wildman–Crippen MR) is 124 cm³/mol. The van der Waals surface area contributed by atoms with Crippen LogP contribution in [0.1, 0.15) is 38.2 Å². The molecule has 194 valence electrons. The highest BCUT2D eigenvalue weighted by Gasteiger charge is 2.26. The standard InChI is InChI=1S/C26H27F3O7/c1-18(2)24(31)35-17-16-34-23(30)13-6-19-4-9-22(10-5-19)36-25(32)20-7-11-21(12-8-20)33-15-3-14-26(27,28)29/h4-7,9-11,13H,1,3,8,12,14-17H2,2H3/b13-6+.